The summed E-state index contributed by atoms with van der Waals surface area (Å²) in [5, 5.41) is 24.8. The van der Waals surface area contributed by atoms with Gasteiger partial charge >= 0.3 is 6.09 Å². The Hall–Kier alpha value is -4.40. The van der Waals surface area contributed by atoms with Crippen LogP contribution in [0.5, 0.6) is 0 Å². The number of nitrogens with zero attached hydrogens (tertiary/aromatic N) is 6. The van der Waals surface area contributed by atoms with E-state index in [4.69, 9.17) is 23.2 Å². The zero-order valence-electron chi connectivity index (χ0n) is 21.5. The Balaban J connectivity index is 1.60. The lowest BCUT2D eigenvalue weighted by Crippen LogP contribution is -2.32. The van der Waals surface area contributed by atoms with E-state index in [1.165, 1.54) is 30.3 Å². The molecule has 0 bridgehead atoms. The van der Waals surface area contributed by atoms with Crippen LogP contribution in [-0.4, -0.2) is 69.9 Å². The van der Waals surface area contributed by atoms with E-state index in [9.17, 15) is 18.0 Å². The average molecular weight is 617 g/mol. The molecular weight excluding hydrogens is 595 g/mol. The van der Waals surface area contributed by atoms with Gasteiger partial charge in [-0.1, -0.05) is 35.3 Å². The first-order valence-corrected chi connectivity index (χ1v) is 14.5. The molecule has 4 rings (SSSR count). The fraction of sp³-hybridized carbons (Fsp3) is 0.160. The highest BCUT2D eigenvalue weighted by Crippen LogP contribution is 2.29. The van der Waals surface area contributed by atoms with Crippen molar-refractivity contribution < 1.29 is 22.7 Å². The molecule has 0 aliphatic rings. The number of hydrogen-bond acceptors (Lipinski definition) is 10. The fourth-order valence-corrected chi connectivity index (χ4v) is 4.94. The summed E-state index contributed by atoms with van der Waals surface area (Å²) in [5.41, 5.74) is 2.81. The largest absolute Gasteiger partial charge is 0.453 e. The summed E-state index contributed by atoms with van der Waals surface area (Å²) in [5.74, 6) is -1.05. The van der Waals surface area contributed by atoms with E-state index in [1.54, 1.807) is 48.5 Å². The highest BCUT2D eigenvalue weighted by atomic mass is 35.5. The normalized spacial score (nSPS) is 12.2. The number of rotatable bonds is 9. The van der Waals surface area contributed by atoms with E-state index in [0.29, 0.717) is 33.1 Å². The third-order valence-corrected chi connectivity index (χ3v) is 6.99. The van der Waals surface area contributed by atoms with Gasteiger partial charge in [0, 0.05) is 34.2 Å². The van der Waals surface area contributed by atoms with Gasteiger partial charge < -0.3 is 10.1 Å². The number of halogens is 2. The van der Waals surface area contributed by atoms with Crippen LogP contribution in [0.1, 0.15) is 17.3 Å². The lowest BCUT2D eigenvalue weighted by molar-refractivity contribution is -0.117. The van der Waals surface area contributed by atoms with Gasteiger partial charge in [-0.25, -0.2) is 13.2 Å². The molecule has 2 aromatic carbocycles. The molecule has 16 heteroatoms. The second kappa shape index (κ2) is 12.8. The number of anilines is 1. The SMILES string of the molecule is COC(=O)Nc1ccc(-c2cc([C@H](CS(C)(=O)=O)NC(=O)/C=C/c3cc(Cl)ccc3-n3cnnn3)nnc2Cl)cc1. The third kappa shape index (κ3) is 8.06. The number of aromatic nitrogens is 6. The Morgan fingerprint density at radius 3 is 2.51 bits per heavy atom. The number of hydrogen-bond donors (Lipinski definition) is 2. The molecular formula is C25H22Cl2N8O5S. The van der Waals surface area contributed by atoms with E-state index in [0.717, 1.165) is 6.26 Å². The molecule has 0 saturated carbocycles. The molecule has 2 aromatic heterocycles. The number of sulfone groups is 1. The van der Waals surface area contributed by atoms with Crippen LogP contribution in [0.15, 0.2) is 60.9 Å². The van der Waals surface area contributed by atoms with Crippen LogP contribution >= 0.6 is 23.2 Å². The van der Waals surface area contributed by atoms with Crippen molar-refractivity contribution in [2.45, 2.75) is 6.04 Å². The quantitative estimate of drug-likeness (QED) is 0.265. The number of tetrazole rings is 1. The number of carbonyl (C=O) groups excluding carboxylic acids is 2. The first-order chi connectivity index (χ1) is 19.5. The van der Waals surface area contributed by atoms with Gasteiger partial charge in [-0.05, 0) is 58.5 Å². The maximum atomic E-state index is 12.9. The maximum Gasteiger partial charge on any atom is 0.411 e. The van der Waals surface area contributed by atoms with Crippen LogP contribution in [0, 0.1) is 0 Å². The van der Waals surface area contributed by atoms with Crippen LogP contribution in [0.3, 0.4) is 0 Å². The van der Waals surface area contributed by atoms with E-state index in [2.05, 4.69) is 41.1 Å². The summed E-state index contributed by atoms with van der Waals surface area (Å²) in [6.45, 7) is 0. The highest BCUT2D eigenvalue weighted by molar-refractivity contribution is 7.90. The molecule has 2 heterocycles. The van der Waals surface area contributed by atoms with Crippen molar-refractivity contribution in [1.82, 2.24) is 35.7 Å². The number of benzene rings is 2. The van der Waals surface area contributed by atoms with E-state index < -0.39 is 33.6 Å². The molecule has 2 N–H and O–H groups in total. The fourth-order valence-electron chi connectivity index (χ4n) is 3.69. The second-order valence-electron chi connectivity index (χ2n) is 8.61. The van der Waals surface area contributed by atoms with Gasteiger partial charge in [0.15, 0.2) is 5.15 Å². The first kappa shape index (κ1) is 29.6. The molecule has 2 amide bonds. The van der Waals surface area contributed by atoms with Crippen molar-refractivity contribution >= 4 is 56.8 Å². The van der Waals surface area contributed by atoms with Crippen molar-refractivity contribution in [3.05, 3.63) is 82.4 Å². The number of carbonyl (C=O) groups is 2. The summed E-state index contributed by atoms with van der Waals surface area (Å²) >= 11 is 12.4. The van der Waals surface area contributed by atoms with Gasteiger partial charge in [0.1, 0.15) is 16.2 Å². The molecule has 0 fully saturated rings. The lowest BCUT2D eigenvalue weighted by Gasteiger charge is -2.17. The number of ether oxygens (including phenoxy) is 1. The minimum atomic E-state index is -3.57. The number of nitrogens with one attached hydrogen (secondary N) is 2. The topological polar surface area (TPSA) is 171 Å². The van der Waals surface area contributed by atoms with Crippen molar-refractivity contribution in [3.8, 4) is 16.8 Å². The predicted octanol–water partition coefficient (Wildman–Crippen LogP) is 3.52. The van der Waals surface area contributed by atoms with E-state index in [1.807, 2.05) is 0 Å². The minimum absolute atomic E-state index is 0.0582. The molecule has 41 heavy (non-hydrogen) atoms. The Labute approximate surface area is 244 Å². The Morgan fingerprint density at radius 2 is 1.85 bits per heavy atom. The highest BCUT2D eigenvalue weighted by Gasteiger charge is 2.23. The summed E-state index contributed by atoms with van der Waals surface area (Å²) < 4.78 is 30.5. The zero-order chi connectivity index (χ0) is 29.6. The van der Waals surface area contributed by atoms with Crippen LogP contribution < -0.4 is 10.6 Å². The third-order valence-electron chi connectivity index (χ3n) is 5.54. The molecule has 4 aromatic rings. The van der Waals surface area contributed by atoms with Gasteiger partial charge in [-0.15, -0.1) is 10.2 Å². The predicted molar refractivity (Wildman–Crippen MR) is 152 cm³/mol. The van der Waals surface area contributed by atoms with Crippen molar-refractivity contribution in [1.29, 1.82) is 0 Å². The van der Waals surface area contributed by atoms with Gasteiger partial charge in [-0.3, -0.25) is 10.1 Å². The van der Waals surface area contributed by atoms with Crippen LogP contribution in [0.4, 0.5) is 10.5 Å². The standard InChI is InChI=1S/C25H22Cl2N8O5S/c1-40-25(37)29-18-7-3-15(4-8-18)19-12-20(31-32-24(19)27)21(13-41(2,38)39)30-23(36)10-5-16-11-17(26)6-9-22(16)35-14-28-33-34-35/h3-12,14,21H,13H2,1-2H3,(H,29,37)(H,30,36)/b10-5+/t21-/m0/s1. The molecule has 0 aliphatic heterocycles. The summed E-state index contributed by atoms with van der Waals surface area (Å²) in [4.78, 5) is 24.4. The van der Waals surface area contributed by atoms with Gasteiger partial charge in [0.25, 0.3) is 0 Å². The van der Waals surface area contributed by atoms with Crippen LogP contribution in [0.25, 0.3) is 22.9 Å². The Morgan fingerprint density at radius 1 is 1.10 bits per heavy atom. The molecule has 13 nitrogen and oxygen atoms in total. The Bertz CT molecular complexity index is 1700. The van der Waals surface area contributed by atoms with Gasteiger partial charge in [-0.2, -0.15) is 9.78 Å². The zero-order valence-corrected chi connectivity index (χ0v) is 23.9. The average Bonchev–Trinajstić information content (AvgIpc) is 3.46. The van der Waals surface area contributed by atoms with E-state index >= 15 is 0 Å². The monoisotopic (exact) mass is 616 g/mol. The Kier molecular flexibility index (Phi) is 9.27. The van der Waals surface area contributed by atoms with Crippen molar-refractivity contribution in [3.63, 3.8) is 0 Å². The smallest absolute Gasteiger partial charge is 0.411 e. The molecule has 0 unspecified atom stereocenters. The summed E-state index contributed by atoms with van der Waals surface area (Å²) in [7, 11) is -2.32. The molecule has 212 valence electrons. The van der Waals surface area contributed by atoms with Gasteiger partial charge in [0.05, 0.1) is 30.3 Å². The van der Waals surface area contributed by atoms with Crippen LogP contribution in [0.2, 0.25) is 10.2 Å². The molecule has 0 radical (unpaired) electrons. The molecule has 1 atom stereocenters. The number of amides is 2. The van der Waals surface area contributed by atoms with Gasteiger partial charge in [0.2, 0.25) is 5.91 Å². The lowest BCUT2D eigenvalue weighted by atomic mass is 10.1. The molecule has 0 aliphatic carbocycles. The summed E-state index contributed by atoms with van der Waals surface area (Å²) in [6.07, 6.45) is 4.54. The second-order valence-corrected chi connectivity index (χ2v) is 11.6. The maximum absolute atomic E-state index is 12.9. The van der Waals surface area contributed by atoms with Crippen LogP contribution in [-0.2, 0) is 19.4 Å². The summed E-state index contributed by atoms with van der Waals surface area (Å²) in [6, 6.07) is 12.1. The van der Waals surface area contributed by atoms with E-state index in [-0.39, 0.29) is 10.8 Å². The van der Waals surface area contributed by atoms with Crippen molar-refractivity contribution in [2.75, 3.05) is 24.4 Å². The minimum Gasteiger partial charge on any atom is -0.453 e. The number of methoxy groups -OCH3 is 1. The molecule has 0 saturated heterocycles. The van der Waals surface area contributed by atoms with Crippen molar-refractivity contribution in [2.24, 2.45) is 0 Å². The molecule has 0 spiro atoms. The first-order valence-electron chi connectivity index (χ1n) is 11.7.